The maximum Gasteiger partial charge on any atom is 0.277 e. The van der Waals surface area contributed by atoms with E-state index in [-0.39, 0.29) is 23.5 Å². The van der Waals surface area contributed by atoms with Gasteiger partial charge >= 0.3 is 0 Å². The first-order chi connectivity index (χ1) is 13.5. The quantitative estimate of drug-likeness (QED) is 0.577. The Morgan fingerprint density at radius 1 is 1.29 bits per heavy atom. The first-order valence-electron chi connectivity index (χ1n) is 8.17. The fourth-order valence-electron chi connectivity index (χ4n) is 2.22. The van der Waals surface area contributed by atoms with Crippen LogP contribution in [0.1, 0.15) is 17.0 Å². The zero-order valence-electron chi connectivity index (χ0n) is 14.8. The lowest BCUT2D eigenvalue weighted by atomic mass is 10.2. The molecule has 0 bridgehead atoms. The summed E-state index contributed by atoms with van der Waals surface area (Å²) in [4.78, 5) is 12.0. The molecule has 0 aliphatic carbocycles. The maximum absolute atomic E-state index is 12.0. The summed E-state index contributed by atoms with van der Waals surface area (Å²) in [6.07, 6.45) is 0. The number of aryl methyl sites for hydroxylation is 1. The molecule has 3 rings (SSSR count). The van der Waals surface area contributed by atoms with Crippen LogP contribution in [0.3, 0.4) is 0 Å². The van der Waals surface area contributed by atoms with Crippen molar-refractivity contribution in [3.63, 3.8) is 0 Å². The molecule has 0 saturated heterocycles. The minimum absolute atomic E-state index is 0.110. The van der Waals surface area contributed by atoms with Gasteiger partial charge in [0.1, 0.15) is 5.75 Å². The van der Waals surface area contributed by atoms with Crippen molar-refractivity contribution in [3.05, 3.63) is 64.5 Å². The number of nitrogens with one attached hydrogen (secondary N) is 1. The minimum Gasteiger partial charge on any atom is -0.484 e. The SMILES string of the molecule is Cc1cc(Cl)ccc1OCc1nnc(SCC(=O)Nc2ccc(C#N)cc2)o1. The van der Waals surface area contributed by atoms with Crippen LogP contribution >= 0.6 is 23.4 Å². The second-order valence-electron chi connectivity index (χ2n) is 5.69. The van der Waals surface area contributed by atoms with Crippen molar-refractivity contribution >= 4 is 35.0 Å². The summed E-state index contributed by atoms with van der Waals surface area (Å²) in [7, 11) is 0. The van der Waals surface area contributed by atoms with Crippen LogP contribution in [0.4, 0.5) is 5.69 Å². The zero-order valence-corrected chi connectivity index (χ0v) is 16.4. The molecule has 0 radical (unpaired) electrons. The number of hydrogen-bond donors (Lipinski definition) is 1. The number of nitrogens with zero attached hydrogens (tertiary/aromatic N) is 3. The van der Waals surface area contributed by atoms with Gasteiger partial charge < -0.3 is 14.5 Å². The fourth-order valence-corrected chi connectivity index (χ4v) is 3.03. The van der Waals surface area contributed by atoms with E-state index in [2.05, 4.69) is 15.5 Å². The van der Waals surface area contributed by atoms with Gasteiger partial charge in [0.2, 0.25) is 5.91 Å². The summed E-state index contributed by atoms with van der Waals surface area (Å²) in [6, 6.07) is 13.9. The number of anilines is 1. The first-order valence-corrected chi connectivity index (χ1v) is 9.54. The number of carbonyl (C=O) groups excluding carboxylic acids is 1. The zero-order chi connectivity index (χ0) is 19.9. The molecule has 0 unspecified atom stereocenters. The summed E-state index contributed by atoms with van der Waals surface area (Å²) in [5, 5.41) is 20.2. The van der Waals surface area contributed by atoms with Crippen LogP contribution in [-0.4, -0.2) is 21.9 Å². The Morgan fingerprint density at radius 2 is 2.07 bits per heavy atom. The van der Waals surface area contributed by atoms with E-state index >= 15 is 0 Å². The number of aromatic nitrogens is 2. The lowest BCUT2D eigenvalue weighted by molar-refractivity contribution is -0.113. The highest BCUT2D eigenvalue weighted by Gasteiger charge is 2.11. The molecule has 1 N–H and O–H groups in total. The number of ether oxygens (including phenoxy) is 1. The number of halogens is 1. The Hall–Kier alpha value is -3.02. The molecule has 0 aliphatic rings. The number of amides is 1. The van der Waals surface area contributed by atoms with Crippen LogP contribution in [-0.2, 0) is 11.4 Å². The second kappa shape index (κ2) is 9.26. The lowest BCUT2D eigenvalue weighted by Gasteiger charge is -2.06. The summed E-state index contributed by atoms with van der Waals surface area (Å²) < 4.78 is 11.1. The smallest absolute Gasteiger partial charge is 0.277 e. The molecule has 2 aromatic carbocycles. The van der Waals surface area contributed by atoms with Gasteiger partial charge in [-0.05, 0) is 55.0 Å². The van der Waals surface area contributed by atoms with E-state index in [0.717, 1.165) is 17.3 Å². The normalized spacial score (nSPS) is 10.3. The number of thioether (sulfide) groups is 1. The first kappa shape index (κ1) is 19.7. The molecule has 0 saturated carbocycles. The molecule has 142 valence electrons. The highest BCUT2D eigenvalue weighted by atomic mass is 35.5. The summed E-state index contributed by atoms with van der Waals surface area (Å²) in [5.74, 6) is 0.879. The molecule has 9 heteroatoms. The molecule has 0 spiro atoms. The molecular weight excluding hydrogens is 400 g/mol. The predicted octanol–water partition coefficient (Wildman–Crippen LogP) is 4.21. The number of hydrogen-bond acceptors (Lipinski definition) is 7. The van der Waals surface area contributed by atoms with Crippen molar-refractivity contribution in [2.75, 3.05) is 11.1 Å². The van der Waals surface area contributed by atoms with E-state index in [9.17, 15) is 4.79 Å². The van der Waals surface area contributed by atoms with Gasteiger partial charge in [-0.1, -0.05) is 23.4 Å². The largest absolute Gasteiger partial charge is 0.484 e. The van der Waals surface area contributed by atoms with Crippen LogP contribution in [0, 0.1) is 18.3 Å². The van der Waals surface area contributed by atoms with Crippen LogP contribution < -0.4 is 10.1 Å². The summed E-state index contributed by atoms with van der Waals surface area (Å²) in [5.41, 5.74) is 2.05. The molecular formula is C19H15ClN4O3S. The molecule has 0 atom stereocenters. The van der Waals surface area contributed by atoms with Crippen molar-refractivity contribution in [3.8, 4) is 11.8 Å². The molecule has 1 aromatic heterocycles. The second-order valence-corrected chi connectivity index (χ2v) is 7.05. The van der Waals surface area contributed by atoms with Gasteiger partial charge in [0.05, 0.1) is 17.4 Å². The third-order valence-electron chi connectivity index (χ3n) is 3.56. The van der Waals surface area contributed by atoms with Gasteiger partial charge in [0, 0.05) is 10.7 Å². The number of carbonyl (C=O) groups is 1. The van der Waals surface area contributed by atoms with Gasteiger partial charge in [-0.15, -0.1) is 10.2 Å². The van der Waals surface area contributed by atoms with Crippen molar-refractivity contribution in [1.82, 2.24) is 10.2 Å². The standard InChI is InChI=1S/C19H15ClN4O3S/c1-12-8-14(20)4-7-16(12)26-10-18-23-24-19(27-18)28-11-17(25)22-15-5-2-13(9-21)3-6-15/h2-8H,10-11H2,1H3,(H,22,25). The van der Waals surface area contributed by atoms with Gasteiger partial charge in [-0.3, -0.25) is 4.79 Å². The van der Waals surface area contributed by atoms with E-state index in [1.54, 1.807) is 42.5 Å². The molecule has 1 amide bonds. The minimum atomic E-state index is -0.220. The molecule has 3 aromatic rings. The average Bonchev–Trinajstić information content (AvgIpc) is 3.14. The van der Waals surface area contributed by atoms with Gasteiger partial charge in [0.15, 0.2) is 6.61 Å². The molecule has 0 fully saturated rings. The van der Waals surface area contributed by atoms with Crippen LogP contribution in [0.2, 0.25) is 5.02 Å². The third-order valence-corrected chi connectivity index (χ3v) is 4.61. The van der Waals surface area contributed by atoms with Crippen molar-refractivity contribution in [1.29, 1.82) is 5.26 Å². The van der Waals surface area contributed by atoms with Gasteiger partial charge in [0.25, 0.3) is 11.1 Å². The van der Waals surface area contributed by atoms with Crippen LogP contribution in [0.5, 0.6) is 5.75 Å². The highest BCUT2D eigenvalue weighted by Crippen LogP contribution is 2.23. The third kappa shape index (κ3) is 5.49. The predicted molar refractivity (Wildman–Crippen MR) is 105 cm³/mol. The Morgan fingerprint density at radius 3 is 2.79 bits per heavy atom. The average molecular weight is 415 g/mol. The fraction of sp³-hybridized carbons (Fsp3) is 0.158. The van der Waals surface area contributed by atoms with Crippen molar-refractivity contribution in [2.45, 2.75) is 18.8 Å². The highest BCUT2D eigenvalue weighted by molar-refractivity contribution is 7.99. The van der Waals surface area contributed by atoms with E-state index in [1.165, 1.54) is 0 Å². The Labute approximate surface area is 170 Å². The topological polar surface area (TPSA) is 101 Å². The maximum atomic E-state index is 12.0. The number of nitriles is 1. The lowest BCUT2D eigenvalue weighted by Crippen LogP contribution is -2.13. The number of rotatable bonds is 7. The van der Waals surface area contributed by atoms with Crippen molar-refractivity contribution in [2.24, 2.45) is 0 Å². The van der Waals surface area contributed by atoms with E-state index in [4.69, 9.17) is 26.0 Å². The molecule has 28 heavy (non-hydrogen) atoms. The Balaban J connectivity index is 1.47. The Bertz CT molecular complexity index is 1010. The van der Waals surface area contributed by atoms with Gasteiger partial charge in [-0.2, -0.15) is 5.26 Å². The van der Waals surface area contributed by atoms with Crippen LogP contribution in [0.25, 0.3) is 0 Å². The Kier molecular flexibility index (Phi) is 6.53. The monoisotopic (exact) mass is 414 g/mol. The molecule has 7 nitrogen and oxygen atoms in total. The van der Waals surface area contributed by atoms with E-state index in [1.807, 2.05) is 13.0 Å². The molecule has 0 aliphatic heterocycles. The van der Waals surface area contributed by atoms with Crippen molar-refractivity contribution < 1.29 is 13.9 Å². The summed E-state index contributed by atoms with van der Waals surface area (Å²) in [6.45, 7) is 2.01. The molecule has 1 heterocycles. The summed E-state index contributed by atoms with van der Waals surface area (Å²) >= 11 is 7.04. The number of benzene rings is 2. The van der Waals surface area contributed by atoms with Crippen LogP contribution in [0.15, 0.2) is 52.1 Å². The van der Waals surface area contributed by atoms with E-state index in [0.29, 0.717) is 27.9 Å². The van der Waals surface area contributed by atoms with Gasteiger partial charge in [-0.25, -0.2) is 0 Å². The van der Waals surface area contributed by atoms with E-state index < -0.39 is 0 Å².